The van der Waals surface area contributed by atoms with Crippen molar-refractivity contribution in [3.8, 4) is 11.5 Å². The number of hydrogen-bond acceptors (Lipinski definition) is 4. The molecule has 0 saturated carbocycles. The molecule has 1 aromatic rings. The maximum absolute atomic E-state index is 10.7. The fourth-order valence-electron chi connectivity index (χ4n) is 3.20. The van der Waals surface area contributed by atoms with Crippen LogP contribution in [0.2, 0.25) is 0 Å². The SMILES string of the molecule is CC1(C)CC(O)(C[NH2+]Cc2ccc3c(c2)OCO3)CCO1. The second-order valence-corrected chi connectivity index (χ2v) is 6.64. The van der Waals surface area contributed by atoms with E-state index in [1.807, 2.05) is 32.0 Å². The summed E-state index contributed by atoms with van der Waals surface area (Å²) in [4.78, 5) is 0. The smallest absolute Gasteiger partial charge is 0.231 e. The first kappa shape index (κ1) is 14.6. The van der Waals surface area contributed by atoms with Gasteiger partial charge in [-0.15, -0.1) is 0 Å². The van der Waals surface area contributed by atoms with Gasteiger partial charge in [0.2, 0.25) is 6.79 Å². The van der Waals surface area contributed by atoms with Crippen LogP contribution in [0.4, 0.5) is 0 Å². The first-order valence-electron chi connectivity index (χ1n) is 7.52. The van der Waals surface area contributed by atoms with Crippen LogP contribution in [-0.4, -0.2) is 36.3 Å². The van der Waals surface area contributed by atoms with Crippen molar-refractivity contribution in [2.45, 2.75) is 44.4 Å². The quantitative estimate of drug-likeness (QED) is 0.862. The predicted molar refractivity (Wildman–Crippen MR) is 77.3 cm³/mol. The van der Waals surface area contributed by atoms with Crippen LogP contribution in [0, 0.1) is 0 Å². The lowest BCUT2D eigenvalue weighted by Gasteiger charge is -2.40. The zero-order chi connectivity index (χ0) is 14.9. The number of quaternary nitrogens is 1. The molecular weight excluding hydrogens is 270 g/mol. The second-order valence-electron chi connectivity index (χ2n) is 6.64. The second kappa shape index (κ2) is 5.48. The molecule has 0 radical (unpaired) electrons. The molecule has 2 aliphatic heterocycles. The van der Waals surface area contributed by atoms with Crippen LogP contribution in [0.15, 0.2) is 18.2 Å². The lowest BCUT2D eigenvalue weighted by atomic mass is 9.84. The largest absolute Gasteiger partial charge is 0.454 e. The van der Waals surface area contributed by atoms with Crippen molar-refractivity contribution < 1.29 is 24.6 Å². The Bertz CT molecular complexity index is 517. The fourth-order valence-corrected chi connectivity index (χ4v) is 3.20. The van der Waals surface area contributed by atoms with Gasteiger partial charge in [0.25, 0.3) is 0 Å². The minimum atomic E-state index is -0.641. The van der Waals surface area contributed by atoms with Gasteiger partial charge in [-0.3, -0.25) is 0 Å². The van der Waals surface area contributed by atoms with E-state index in [2.05, 4.69) is 5.32 Å². The third kappa shape index (κ3) is 3.48. The highest BCUT2D eigenvalue weighted by Gasteiger charge is 2.40. The predicted octanol–water partition coefficient (Wildman–Crippen LogP) is 0.799. The molecule has 0 aliphatic carbocycles. The topological polar surface area (TPSA) is 64.5 Å². The Kier molecular flexibility index (Phi) is 3.82. The summed E-state index contributed by atoms with van der Waals surface area (Å²) in [5.74, 6) is 1.62. The molecule has 21 heavy (non-hydrogen) atoms. The Balaban J connectivity index is 1.54. The standard InChI is InChI=1S/C16H23NO4/c1-15(2)9-16(18,5-6-21-15)10-17-8-12-3-4-13-14(7-12)20-11-19-13/h3-4,7,17-18H,5-6,8-11H2,1-2H3/p+1. The van der Waals surface area contributed by atoms with Crippen LogP contribution in [0.1, 0.15) is 32.3 Å². The summed E-state index contributed by atoms with van der Waals surface area (Å²) in [6, 6.07) is 6.00. The Morgan fingerprint density at radius 1 is 1.24 bits per heavy atom. The summed E-state index contributed by atoms with van der Waals surface area (Å²) >= 11 is 0. The van der Waals surface area contributed by atoms with Gasteiger partial charge in [-0.25, -0.2) is 0 Å². The molecule has 1 aromatic carbocycles. The van der Waals surface area contributed by atoms with Crippen molar-refractivity contribution >= 4 is 0 Å². The monoisotopic (exact) mass is 294 g/mol. The summed E-state index contributed by atoms with van der Waals surface area (Å²) in [7, 11) is 0. The highest BCUT2D eigenvalue weighted by atomic mass is 16.7. The summed E-state index contributed by atoms with van der Waals surface area (Å²) in [5.41, 5.74) is 0.298. The molecule has 1 saturated heterocycles. The molecule has 3 N–H and O–H groups in total. The molecule has 3 rings (SSSR count). The van der Waals surface area contributed by atoms with Crippen molar-refractivity contribution in [2.24, 2.45) is 0 Å². The zero-order valence-electron chi connectivity index (χ0n) is 12.7. The van der Waals surface area contributed by atoms with Crippen molar-refractivity contribution in [3.05, 3.63) is 23.8 Å². The molecule has 5 heteroatoms. The van der Waals surface area contributed by atoms with E-state index in [1.165, 1.54) is 5.56 Å². The average Bonchev–Trinajstić information content (AvgIpc) is 2.84. The maximum Gasteiger partial charge on any atom is 0.231 e. The van der Waals surface area contributed by atoms with Gasteiger partial charge in [-0.05, 0) is 32.0 Å². The Labute approximate surface area is 125 Å². The Morgan fingerprint density at radius 2 is 2.05 bits per heavy atom. The zero-order valence-corrected chi connectivity index (χ0v) is 12.7. The van der Waals surface area contributed by atoms with E-state index in [9.17, 15) is 5.11 Å². The summed E-state index contributed by atoms with van der Waals surface area (Å²) < 4.78 is 16.4. The van der Waals surface area contributed by atoms with Gasteiger partial charge in [0, 0.05) is 18.4 Å². The van der Waals surface area contributed by atoms with E-state index in [0.717, 1.165) is 18.0 Å². The van der Waals surface area contributed by atoms with Crippen LogP contribution in [0.3, 0.4) is 0 Å². The van der Waals surface area contributed by atoms with Crippen LogP contribution >= 0.6 is 0 Å². The van der Waals surface area contributed by atoms with E-state index in [0.29, 0.717) is 32.8 Å². The average molecular weight is 294 g/mol. The number of rotatable bonds is 4. The molecule has 2 heterocycles. The molecule has 0 aromatic heterocycles. The van der Waals surface area contributed by atoms with E-state index in [4.69, 9.17) is 14.2 Å². The van der Waals surface area contributed by atoms with Crippen molar-refractivity contribution in [1.29, 1.82) is 0 Å². The van der Waals surface area contributed by atoms with E-state index >= 15 is 0 Å². The molecule has 0 amide bonds. The number of ether oxygens (including phenoxy) is 3. The normalized spacial score (nSPS) is 26.8. The molecule has 5 nitrogen and oxygen atoms in total. The highest BCUT2D eigenvalue weighted by Crippen LogP contribution is 2.32. The van der Waals surface area contributed by atoms with E-state index < -0.39 is 5.60 Å². The van der Waals surface area contributed by atoms with E-state index in [-0.39, 0.29) is 5.60 Å². The number of hydrogen-bond donors (Lipinski definition) is 2. The minimum Gasteiger partial charge on any atom is -0.454 e. The molecule has 1 unspecified atom stereocenters. The molecule has 116 valence electrons. The van der Waals surface area contributed by atoms with Gasteiger partial charge < -0.3 is 24.6 Å². The highest BCUT2D eigenvalue weighted by molar-refractivity contribution is 5.44. The fraction of sp³-hybridized carbons (Fsp3) is 0.625. The third-order valence-corrected chi connectivity index (χ3v) is 4.16. The lowest BCUT2D eigenvalue weighted by Crippen LogP contribution is -2.87. The number of nitrogens with two attached hydrogens (primary N) is 1. The first-order chi connectivity index (χ1) is 9.96. The summed E-state index contributed by atoms with van der Waals surface area (Å²) in [5, 5.41) is 12.8. The van der Waals surface area contributed by atoms with Crippen LogP contribution < -0.4 is 14.8 Å². The third-order valence-electron chi connectivity index (χ3n) is 4.16. The minimum absolute atomic E-state index is 0.237. The number of benzene rings is 1. The van der Waals surface area contributed by atoms with Crippen molar-refractivity contribution in [2.75, 3.05) is 19.9 Å². The Morgan fingerprint density at radius 3 is 2.86 bits per heavy atom. The van der Waals surface area contributed by atoms with Gasteiger partial charge in [0.05, 0.1) is 12.2 Å². The van der Waals surface area contributed by atoms with Gasteiger partial charge in [0.15, 0.2) is 11.5 Å². The lowest BCUT2D eigenvalue weighted by molar-refractivity contribution is -0.683. The molecule has 0 spiro atoms. The van der Waals surface area contributed by atoms with Gasteiger partial charge in [0.1, 0.15) is 18.7 Å². The van der Waals surface area contributed by atoms with Crippen LogP contribution in [-0.2, 0) is 11.3 Å². The van der Waals surface area contributed by atoms with E-state index in [1.54, 1.807) is 0 Å². The molecular formula is C16H24NO4+. The summed E-state index contributed by atoms with van der Waals surface area (Å²) in [6.45, 7) is 6.51. The van der Waals surface area contributed by atoms with Gasteiger partial charge in [-0.1, -0.05) is 0 Å². The maximum atomic E-state index is 10.7. The van der Waals surface area contributed by atoms with Gasteiger partial charge in [-0.2, -0.15) is 0 Å². The van der Waals surface area contributed by atoms with Gasteiger partial charge >= 0.3 is 0 Å². The molecule has 0 bridgehead atoms. The first-order valence-corrected chi connectivity index (χ1v) is 7.52. The van der Waals surface area contributed by atoms with Crippen LogP contribution in [0.5, 0.6) is 11.5 Å². The number of aliphatic hydroxyl groups is 1. The van der Waals surface area contributed by atoms with Crippen molar-refractivity contribution in [3.63, 3.8) is 0 Å². The molecule has 1 fully saturated rings. The van der Waals surface area contributed by atoms with Crippen molar-refractivity contribution in [1.82, 2.24) is 0 Å². The Hall–Kier alpha value is -1.30. The molecule has 2 aliphatic rings. The number of fused-ring (bicyclic) bond motifs is 1. The summed E-state index contributed by atoms with van der Waals surface area (Å²) in [6.07, 6.45) is 1.38. The van der Waals surface area contributed by atoms with Crippen LogP contribution in [0.25, 0.3) is 0 Å². The molecule has 1 atom stereocenters.